The van der Waals surface area contributed by atoms with Gasteiger partial charge in [-0.3, -0.25) is 20.2 Å². The number of piperazine rings is 1. The molecule has 8 nitrogen and oxygen atoms in total. The lowest BCUT2D eigenvalue weighted by Crippen LogP contribution is -2.47. The van der Waals surface area contributed by atoms with E-state index in [1.54, 1.807) is 11.0 Å². The van der Waals surface area contributed by atoms with E-state index in [1.807, 2.05) is 18.2 Å². The number of nitro benzene ring substituents is 2. The minimum Gasteiger partial charge on any atom is -0.367 e. The van der Waals surface area contributed by atoms with E-state index in [4.69, 9.17) is 11.6 Å². The fraction of sp³-hybridized carbons (Fsp3) is 0.250. The van der Waals surface area contributed by atoms with E-state index in [-0.39, 0.29) is 17.1 Å². The third-order valence-corrected chi connectivity index (χ3v) is 4.50. The second-order valence-electron chi connectivity index (χ2n) is 5.58. The Kier molecular flexibility index (Phi) is 4.71. The maximum Gasteiger partial charge on any atom is 0.299 e. The van der Waals surface area contributed by atoms with Crippen molar-refractivity contribution in [3.63, 3.8) is 0 Å². The first-order valence-corrected chi connectivity index (χ1v) is 8.03. The highest BCUT2D eigenvalue weighted by atomic mass is 35.5. The normalized spacial score (nSPS) is 14.4. The van der Waals surface area contributed by atoms with Gasteiger partial charge in [-0.1, -0.05) is 23.7 Å². The molecule has 130 valence electrons. The molecule has 0 atom stereocenters. The molecule has 0 unspecified atom stereocenters. The van der Waals surface area contributed by atoms with Crippen molar-refractivity contribution in [1.82, 2.24) is 0 Å². The zero-order valence-electron chi connectivity index (χ0n) is 13.2. The number of hydrogen-bond donors (Lipinski definition) is 0. The molecule has 9 heteroatoms. The van der Waals surface area contributed by atoms with Crippen LogP contribution in [0.4, 0.5) is 22.7 Å². The average molecular weight is 363 g/mol. The number of benzene rings is 2. The lowest BCUT2D eigenvalue weighted by molar-refractivity contribution is -0.392. The van der Waals surface area contributed by atoms with Crippen LogP contribution >= 0.6 is 11.6 Å². The van der Waals surface area contributed by atoms with Crippen molar-refractivity contribution in [2.45, 2.75) is 0 Å². The minimum atomic E-state index is -0.581. The van der Waals surface area contributed by atoms with Crippen LogP contribution < -0.4 is 9.80 Å². The zero-order chi connectivity index (χ0) is 18.0. The van der Waals surface area contributed by atoms with E-state index in [1.165, 1.54) is 18.2 Å². The highest BCUT2D eigenvalue weighted by Gasteiger charge is 2.31. The Labute approximate surface area is 148 Å². The van der Waals surface area contributed by atoms with Crippen LogP contribution in [-0.4, -0.2) is 36.0 Å². The third-order valence-electron chi connectivity index (χ3n) is 4.18. The molecule has 1 saturated heterocycles. The molecule has 0 bridgehead atoms. The summed E-state index contributed by atoms with van der Waals surface area (Å²) >= 11 is 6.21. The largest absolute Gasteiger partial charge is 0.367 e. The van der Waals surface area contributed by atoms with Crippen LogP contribution in [0.1, 0.15) is 0 Å². The maximum absolute atomic E-state index is 11.3. The number of halogens is 1. The van der Waals surface area contributed by atoms with Gasteiger partial charge < -0.3 is 9.80 Å². The SMILES string of the molecule is O=[N+]([O-])c1cccc([N+](=O)[O-])c1N1CCN(c2ccccc2Cl)CC1. The lowest BCUT2D eigenvalue weighted by atomic mass is 10.1. The van der Waals surface area contributed by atoms with Crippen LogP contribution in [0, 0.1) is 20.2 Å². The molecule has 1 fully saturated rings. The van der Waals surface area contributed by atoms with Gasteiger partial charge in [-0.2, -0.15) is 0 Å². The number of nitro groups is 2. The molecule has 3 rings (SSSR count). The number of anilines is 2. The highest BCUT2D eigenvalue weighted by molar-refractivity contribution is 6.33. The molecule has 0 spiro atoms. The summed E-state index contributed by atoms with van der Waals surface area (Å²) in [6.07, 6.45) is 0. The van der Waals surface area contributed by atoms with Crippen LogP contribution in [0.2, 0.25) is 5.02 Å². The Bertz CT molecular complexity index is 789. The number of rotatable bonds is 4. The predicted molar refractivity (Wildman–Crippen MR) is 95.6 cm³/mol. The Morgan fingerprint density at radius 2 is 1.32 bits per heavy atom. The Morgan fingerprint density at radius 1 is 0.800 bits per heavy atom. The summed E-state index contributed by atoms with van der Waals surface area (Å²) in [5.74, 6) is 0. The van der Waals surface area contributed by atoms with Crippen molar-refractivity contribution < 1.29 is 9.85 Å². The van der Waals surface area contributed by atoms with E-state index in [0.29, 0.717) is 31.2 Å². The second kappa shape index (κ2) is 6.94. The maximum atomic E-state index is 11.3. The molecule has 1 heterocycles. The first kappa shape index (κ1) is 17.0. The predicted octanol–water partition coefficient (Wildman–Crippen LogP) is 3.48. The van der Waals surface area contributed by atoms with Gasteiger partial charge >= 0.3 is 0 Å². The second-order valence-corrected chi connectivity index (χ2v) is 5.99. The van der Waals surface area contributed by atoms with E-state index in [9.17, 15) is 20.2 Å². The van der Waals surface area contributed by atoms with Crippen molar-refractivity contribution in [3.8, 4) is 0 Å². The van der Waals surface area contributed by atoms with E-state index < -0.39 is 9.85 Å². The Morgan fingerprint density at radius 3 is 1.84 bits per heavy atom. The molecule has 1 aliphatic rings. The summed E-state index contributed by atoms with van der Waals surface area (Å²) in [5.41, 5.74) is 0.456. The smallest absolute Gasteiger partial charge is 0.299 e. The van der Waals surface area contributed by atoms with E-state index >= 15 is 0 Å². The van der Waals surface area contributed by atoms with Gasteiger partial charge in [0, 0.05) is 38.3 Å². The Hall–Kier alpha value is -2.87. The van der Waals surface area contributed by atoms with Gasteiger partial charge in [0.15, 0.2) is 5.69 Å². The number of para-hydroxylation sites is 2. The van der Waals surface area contributed by atoms with Crippen molar-refractivity contribution in [2.75, 3.05) is 36.0 Å². The summed E-state index contributed by atoms with van der Waals surface area (Å²) < 4.78 is 0. The summed E-state index contributed by atoms with van der Waals surface area (Å²) in [7, 11) is 0. The number of nitrogens with zero attached hydrogens (tertiary/aromatic N) is 4. The van der Waals surface area contributed by atoms with E-state index in [0.717, 1.165) is 5.69 Å². The first-order valence-electron chi connectivity index (χ1n) is 7.65. The van der Waals surface area contributed by atoms with Gasteiger partial charge in [0.25, 0.3) is 11.4 Å². The first-order chi connectivity index (χ1) is 12.0. The molecule has 0 amide bonds. The molecule has 0 N–H and O–H groups in total. The number of hydrogen-bond acceptors (Lipinski definition) is 6. The zero-order valence-corrected chi connectivity index (χ0v) is 13.9. The van der Waals surface area contributed by atoms with Gasteiger partial charge in [0.1, 0.15) is 0 Å². The molecule has 0 radical (unpaired) electrons. The summed E-state index contributed by atoms with van der Waals surface area (Å²) in [5, 5.41) is 23.2. The molecular weight excluding hydrogens is 348 g/mol. The molecule has 2 aromatic rings. The van der Waals surface area contributed by atoms with Crippen LogP contribution in [0.25, 0.3) is 0 Å². The van der Waals surface area contributed by atoms with Crippen molar-refractivity contribution in [2.24, 2.45) is 0 Å². The van der Waals surface area contributed by atoms with E-state index in [2.05, 4.69) is 4.90 Å². The standard InChI is InChI=1S/C16H15ClN4O4/c17-12-4-1-2-5-13(12)18-8-10-19(11-9-18)16-14(20(22)23)6-3-7-15(16)21(24)25/h1-7H,8-11H2. The molecule has 2 aromatic carbocycles. The quantitative estimate of drug-likeness (QED) is 0.610. The van der Waals surface area contributed by atoms with Crippen LogP contribution in [0.15, 0.2) is 42.5 Å². The Balaban J connectivity index is 1.87. The summed E-state index contributed by atoms with van der Waals surface area (Å²) in [6, 6.07) is 11.4. The molecule has 0 aromatic heterocycles. The summed E-state index contributed by atoms with van der Waals surface area (Å²) in [4.78, 5) is 25.2. The molecule has 1 aliphatic heterocycles. The van der Waals surface area contributed by atoms with Crippen molar-refractivity contribution in [3.05, 3.63) is 67.7 Å². The topological polar surface area (TPSA) is 92.8 Å². The summed E-state index contributed by atoms with van der Waals surface area (Å²) in [6.45, 7) is 1.98. The molecule has 0 saturated carbocycles. The third kappa shape index (κ3) is 3.34. The molecule has 25 heavy (non-hydrogen) atoms. The van der Waals surface area contributed by atoms with Gasteiger partial charge in [-0.05, 0) is 18.2 Å². The van der Waals surface area contributed by atoms with Crippen LogP contribution in [-0.2, 0) is 0 Å². The van der Waals surface area contributed by atoms with Gasteiger partial charge in [-0.15, -0.1) is 0 Å². The highest BCUT2D eigenvalue weighted by Crippen LogP contribution is 2.38. The fourth-order valence-corrected chi connectivity index (χ4v) is 3.27. The van der Waals surface area contributed by atoms with Crippen LogP contribution in [0.5, 0.6) is 0 Å². The molecular formula is C16H15ClN4O4. The van der Waals surface area contributed by atoms with Gasteiger partial charge in [-0.25, -0.2) is 0 Å². The fourth-order valence-electron chi connectivity index (χ4n) is 3.02. The minimum absolute atomic E-state index is 0.0660. The monoisotopic (exact) mass is 362 g/mol. The van der Waals surface area contributed by atoms with Crippen LogP contribution in [0.3, 0.4) is 0 Å². The van der Waals surface area contributed by atoms with Gasteiger partial charge in [0.2, 0.25) is 0 Å². The van der Waals surface area contributed by atoms with Crippen molar-refractivity contribution in [1.29, 1.82) is 0 Å². The molecule has 0 aliphatic carbocycles. The lowest BCUT2D eigenvalue weighted by Gasteiger charge is -2.37. The van der Waals surface area contributed by atoms with Crippen molar-refractivity contribution >= 4 is 34.4 Å². The van der Waals surface area contributed by atoms with Gasteiger partial charge in [0.05, 0.1) is 20.6 Å². The average Bonchev–Trinajstić information content (AvgIpc) is 2.61.